The standard InChI is InChI=1S/C18H19ClFN3O2S/c19-14-10-16(20)18(21-11-14)22-8-3-5-15(12-22)26(24,25)23-9-7-13-4-1-2-6-17(13)23/h1-2,4,6,10-11,15H,3,5,7-9,12H2. The molecule has 2 aliphatic rings. The molecule has 4 rings (SSSR count). The van der Waals surface area contributed by atoms with Crippen LogP contribution in [0, 0.1) is 5.82 Å². The molecular formula is C18H19ClFN3O2S. The van der Waals surface area contributed by atoms with Gasteiger partial charge >= 0.3 is 0 Å². The summed E-state index contributed by atoms with van der Waals surface area (Å²) in [6.45, 7) is 1.27. The molecule has 0 aliphatic carbocycles. The Morgan fingerprint density at radius 1 is 1.23 bits per heavy atom. The fourth-order valence-electron chi connectivity index (χ4n) is 3.77. The Hall–Kier alpha value is -1.86. The number of anilines is 2. The third kappa shape index (κ3) is 3.03. The summed E-state index contributed by atoms with van der Waals surface area (Å²) in [6.07, 6.45) is 3.34. The zero-order chi connectivity index (χ0) is 18.3. The van der Waals surface area contributed by atoms with Crippen LogP contribution in [-0.4, -0.2) is 38.3 Å². The normalized spacial score (nSPS) is 20.3. The molecule has 0 bridgehead atoms. The van der Waals surface area contributed by atoms with Gasteiger partial charge in [-0.3, -0.25) is 4.31 Å². The molecular weight excluding hydrogens is 377 g/mol. The van der Waals surface area contributed by atoms with Crippen LogP contribution in [0.3, 0.4) is 0 Å². The van der Waals surface area contributed by atoms with E-state index in [2.05, 4.69) is 4.98 Å². The maximum Gasteiger partial charge on any atom is 0.239 e. The number of nitrogens with zero attached hydrogens (tertiary/aromatic N) is 3. The Balaban J connectivity index is 1.60. The molecule has 1 saturated heterocycles. The molecule has 26 heavy (non-hydrogen) atoms. The molecule has 2 aliphatic heterocycles. The maximum absolute atomic E-state index is 14.2. The quantitative estimate of drug-likeness (QED) is 0.800. The molecule has 3 heterocycles. The molecule has 5 nitrogen and oxygen atoms in total. The van der Waals surface area contributed by atoms with E-state index in [1.54, 1.807) is 4.90 Å². The number of sulfonamides is 1. The minimum atomic E-state index is -3.52. The Bertz CT molecular complexity index is 938. The van der Waals surface area contributed by atoms with Crippen LogP contribution in [0.2, 0.25) is 5.02 Å². The Morgan fingerprint density at radius 3 is 2.85 bits per heavy atom. The number of halogens is 2. The second kappa shape index (κ2) is 6.70. The van der Waals surface area contributed by atoms with Crippen LogP contribution < -0.4 is 9.21 Å². The fourth-order valence-corrected chi connectivity index (χ4v) is 5.90. The molecule has 0 radical (unpaired) electrons. The van der Waals surface area contributed by atoms with Gasteiger partial charge < -0.3 is 4.90 Å². The van der Waals surface area contributed by atoms with Gasteiger partial charge in [0.15, 0.2) is 11.6 Å². The second-order valence-corrected chi connectivity index (χ2v) is 9.24. The van der Waals surface area contributed by atoms with Gasteiger partial charge in [0, 0.05) is 25.8 Å². The topological polar surface area (TPSA) is 53.5 Å². The van der Waals surface area contributed by atoms with E-state index in [4.69, 9.17) is 11.6 Å². The van der Waals surface area contributed by atoms with Crippen molar-refractivity contribution < 1.29 is 12.8 Å². The SMILES string of the molecule is O=S(=O)(C1CCCN(c2ncc(Cl)cc2F)C1)N1CCc2ccccc21. The highest BCUT2D eigenvalue weighted by Gasteiger charge is 2.38. The van der Waals surface area contributed by atoms with E-state index in [9.17, 15) is 12.8 Å². The summed E-state index contributed by atoms with van der Waals surface area (Å²) in [5, 5.41) is -0.361. The molecule has 1 unspecified atom stereocenters. The highest BCUT2D eigenvalue weighted by atomic mass is 35.5. The van der Waals surface area contributed by atoms with Gasteiger partial charge in [0.25, 0.3) is 0 Å². The number of piperidine rings is 1. The number of aromatic nitrogens is 1. The summed E-state index contributed by atoms with van der Waals surface area (Å²) in [5.41, 5.74) is 1.81. The monoisotopic (exact) mass is 395 g/mol. The zero-order valence-electron chi connectivity index (χ0n) is 14.1. The van der Waals surface area contributed by atoms with Crippen molar-refractivity contribution in [2.24, 2.45) is 0 Å². The van der Waals surface area contributed by atoms with E-state index in [1.165, 1.54) is 16.6 Å². The van der Waals surface area contributed by atoms with Gasteiger partial charge in [-0.1, -0.05) is 29.8 Å². The lowest BCUT2D eigenvalue weighted by Crippen LogP contribution is -2.48. The smallest absolute Gasteiger partial charge is 0.239 e. The van der Waals surface area contributed by atoms with Crippen LogP contribution in [0.1, 0.15) is 18.4 Å². The van der Waals surface area contributed by atoms with Crippen LogP contribution in [0.15, 0.2) is 36.5 Å². The fraction of sp³-hybridized carbons (Fsp3) is 0.389. The number of rotatable bonds is 3. The molecule has 1 aromatic carbocycles. The van der Waals surface area contributed by atoms with E-state index in [1.807, 2.05) is 24.3 Å². The second-order valence-electron chi connectivity index (χ2n) is 6.67. The van der Waals surface area contributed by atoms with Crippen LogP contribution in [0.25, 0.3) is 0 Å². The van der Waals surface area contributed by atoms with Crippen molar-refractivity contribution in [2.75, 3.05) is 28.8 Å². The summed E-state index contributed by atoms with van der Waals surface area (Å²) in [6, 6.07) is 8.80. The predicted molar refractivity (Wildman–Crippen MR) is 101 cm³/mol. The number of hydrogen-bond donors (Lipinski definition) is 0. The van der Waals surface area contributed by atoms with E-state index >= 15 is 0 Å². The first-order valence-electron chi connectivity index (χ1n) is 8.62. The summed E-state index contributed by atoms with van der Waals surface area (Å²) >= 11 is 5.77. The highest BCUT2D eigenvalue weighted by Crippen LogP contribution is 2.34. The largest absolute Gasteiger partial charge is 0.353 e. The van der Waals surface area contributed by atoms with E-state index in [0.717, 1.165) is 17.7 Å². The van der Waals surface area contributed by atoms with E-state index < -0.39 is 21.1 Å². The van der Waals surface area contributed by atoms with Crippen molar-refractivity contribution in [1.29, 1.82) is 0 Å². The van der Waals surface area contributed by atoms with E-state index in [0.29, 0.717) is 25.9 Å². The Kier molecular flexibility index (Phi) is 4.52. The average molecular weight is 396 g/mol. The number of para-hydroxylation sites is 1. The number of hydrogen-bond acceptors (Lipinski definition) is 4. The van der Waals surface area contributed by atoms with Crippen molar-refractivity contribution in [3.8, 4) is 0 Å². The van der Waals surface area contributed by atoms with Gasteiger partial charge in [0.05, 0.1) is 16.0 Å². The molecule has 8 heteroatoms. The lowest BCUT2D eigenvalue weighted by Gasteiger charge is -2.35. The number of pyridine rings is 1. The molecule has 0 amide bonds. The van der Waals surface area contributed by atoms with E-state index in [-0.39, 0.29) is 17.4 Å². The van der Waals surface area contributed by atoms with Gasteiger partial charge in [0.1, 0.15) is 0 Å². The average Bonchev–Trinajstić information content (AvgIpc) is 3.07. The summed E-state index contributed by atoms with van der Waals surface area (Å²) < 4.78 is 42.2. The van der Waals surface area contributed by atoms with Crippen molar-refractivity contribution in [3.05, 3.63) is 52.9 Å². The van der Waals surface area contributed by atoms with Crippen LogP contribution in [0.4, 0.5) is 15.9 Å². The molecule has 1 atom stereocenters. The molecule has 2 aromatic rings. The Labute approximate surface area is 157 Å². The van der Waals surface area contributed by atoms with Crippen molar-refractivity contribution in [3.63, 3.8) is 0 Å². The van der Waals surface area contributed by atoms with Crippen LogP contribution >= 0.6 is 11.6 Å². The van der Waals surface area contributed by atoms with Crippen molar-refractivity contribution in [1.82, 2.24) is 4.98 Å². The predicted octanol–water partition coefficient (Wildman–Crippen LogP) is 3.24. The Morgan fingerprint density at radius 2 is 2.04 bits per heavy atom. The van der Waals surface area contributed by atoms with Crippen LogP contribution in [-0.2, 0) is 16.4 Å². The van der Waals surface area contributed by atoms with Crippen molar-refractivity contribution in [2.45, 2.75) is 24.5 Å². The van der Waals surface area contributed by atoms with Gasteiger partial charge in [-0.15, -0.1) is 0 Å². The third-order valence-corrected chi connectivity index (χ3v) is 7.47. The number of benzene rings is 1. The first kappa shape index (κ1) is 17.5. The first-order valence-corrected chi connectivity index (χ1v) is 10.5. The minimum absolute atomic E-state index is 0.163. The molecule has 138 valence electrons. The van der Waals surface area contributed by atoms with Crippen molar-refractivity contribution >= 4 is 33.1 Å². The van der Waals surface area contributed by atoms with Gasteiger partial charge in [-0.25, -0.2) is 17.8 Å². The minimum Gasteiger partial charge on any atom is -0.353 e. The maximum atomic E-state index is 14.2. The van der Waals surface area contributed by atoms with Gasteiger partial charge in [-0.05, 0) is 37.0 Å². The molecule has 1 fully saturated rings. The summed E-state index contributed by atoms with van der Waals surface area (Å²) in [4.78, 5) is 5.77. The lowest BCUT2D eigenvalue weighted by molar-refractivity contribution is 0.518. The molecule has 1 aromatic heterocycles. The first-order chi connectivity index (χ1) is 12.5. The molecule has 0 N–H and O–H groups in total. The summed E-state index contributed by atoms with van der Waals surface area (Å²) in [5.74, 6) is -0.363. The zero-order valence-corrected chi connectivity index (χ0v) is 15.7. The summed E-state index contributed by atoms with van der Waals surface area (Å²) in [7, 11) is -3.52. The van der Waals surface area contributed by atoms with Gasteiger partial charge in [0.2, 0.25) is 10.0 Å². The van der Waals surface area contributed by atoms with Gasteiger partial charge in [-0.2, -0.15) is 0 Å². The molecule has 0 spiro atoms. The third-order valence-electron chi connectivity index (χ3n) is 5.04. The lowest BCUT2D eigenvalue weighted by atomic mass is 10.1. The molecule has 0 saturated carbocycles. The highest BCUT2D eigenvalue weighted by molar-refractivity contribution is 7.93. The number of fused-ring (bicyclic) bond motifs is 1. The van der Waals surface area contributed by atoms with Crippen LogP contribution in [0.5, 0.6) is 0 Å².